The summed E-state index contributed by atoms with van der Waals surface area (Å²) in [7, 11) is 3.50. The first-order valence-electron chi connectivity index (χ1n) is 11.7. The molecule has 14 nitrogen and oxygen atoms in total. The van der Waals surface area contributed by atoms with Crippen molar-refractivity contribution in [3.63, 3.8) is 0 Å². The molecular formula is C24H27N7O7. The number of rotatable bonds is 7. The number of carbonyl (C=O) groups excluding carboxylic acids is 2. The number of esters is 2. The van der Waals surface area contributed by atoms with E-state index in [2.05, 4.69) is 15.0 Å². The summed E-state index contributed by atoms with van der Waals surface area (Å²) in [4.78, 5) is 58.7. The summed E-state index contributed by atoms with van der Waals surface area (Å²) in [6.07, 6.45) is 9.80. The molecule has 4 heterocycles. The van der Waals surface area contributed by atoms with Gasteiger partial charge in [-0.2, -0.15) is 0 Å². The molecule has 200 valence electrons. The molecule has 3 aliphatic rings. The van der Waals surface area contributed by atoms with Crippen LogP contribution in [0.4, 0.5) is 0 Å². The van der Waals surface area contributed by atoms with Crippen LogP contribution in [0.3, 0.4) is 0 Å². The maximum absolute atomic E-state index is 13.0. The standard InChI is InChI=1S/C24H27N7O7/c1-15-11-31(23(35)26-20(15)32)19-10-18(37-22(34)17-7-5-9-30(3)13-17)24(38-19,27-28-25)14-36-21(33)16-6-4-8-29(2)12-16/h4-5,8-9,11-13,18-19H,6-7,10,14H2,1-3H3,(H,26,32,35)/t18-,19+,24+/m0/s1. The average Bonchev–Trinajstić information content (AvgIpc) is 3.22. The number of allylic oxidation sites excluding steroid dienone is 2. The van der Waals surface area contributed by atoms with Crippen molar-refractivity contribution in [2.24, 2.45) is 5.11 Å². The number of aromatic nitrogens is 2. The van der Waals surface area contributed by atoms with Crippen LogP contribution in [0.25, 0.3) is 10.4 Å². The van der Waals surface area contributed by atoms with Crippen LogP contribution in [0, 0.1) is 6.92 Å². The number of hydrogen-bond donors (Lipinski definition) is 1. The van der Waals surface area contributed by atoms with Gasteiger partial charge in [-0.15, -0.1) is 0 Å². The molecule has 1 aromatic rings. The van der Waals surface area contributed by atoms with Gasteiger partial charge < -0.3 is 24.0 Å². The van der Waals surface area contributed by atoms with Crippen molar-refractivity contribution >= 4 is 11.9 Å². The summed E-state index contributed by atoms with van der Waals surface area (Å²) >= 11 is 0. The van der Waals surface area contributed by atoms with Crippen LogP contribution in [0.15, 0.2) is 69.0 Å². The Labute approximate surface area is 216 Å². The quantitative estimate of drug-likeness (QED) is 0.241. The number of azide groups is 1. The lowest BCUT2D eigenvalue weighted by atomic mass is 10.1. The number of aryl methyl sites for hydroxylation is 1. The van der Waals surface area contributed by atoms with Gasteiger partial charge >= 0.3 is 17.6 Å². The van der Waals surface area contributed by atoms with Gasteiger partial charge in [0.25, 0.3) is 5.56 Å². The average molecular weight is 526 g/mol. The Hall–Kier alpha value is -4.55. The fourth-order valence-corrected chi connectivity index (χ4v) is 4.27. The van der Waals surface area contributed by atoms with E-state index in [4.69, 9.17) is 14.2 Å². The Morgan fingerprint density at radius 2 is 1.79 bits per heavy atom. The van der Waals surface area contributed by atoms with Gasteiger partial charge in [0, 0.05) is 62.4 Å². The molecule has 0 unspecified atom stereocenters. The molecule has 3 aliphatic heterocycles. The fourth-order valence-electron chi connectivity index (χ4n) is 4.27. The summed E-state index contributed by atoms with van der Waals surface area (Å²) in [5.74, 6) is -1.37. The molecule has 3 atom stereocenters. The van der Waals surface area contributed by atoms with E-state index in [0.29, 0.717) is 24.0 Å². The molecule has 4 rings (SSSR count). The van der Waals surface area contributed by atoms with Crippen LogP contribution in [-0.4, -0.2) is 63.8 Å². The zero-order valence-corrected chi connectivity index (χ0v) is 21.1. The largest absolute Gasteiger partial charge is 0.459 e. The van der Waals surface area contributed by atoms with Crippen molar-refractivity contribution in [2.45, 2.75) is 44.2 Å². The highest BCUT2D eigenvalue weighted by atomic mass is 16.6. The Morgan fingerprint density at radius 3 is 2.39 bits per heavy atom. The molecule has 1 saturated heterocycles. The summed E-state index contributed by atoms with van der Waals surface area (Å²) < 4.78 is 18.3. The van der Waals surface area contributed by atoms with E-state index in [1.54, 1.807) is 60.8 Å². The number of nitrogens with one attached hydrogen (secondary N) is 1. The van der Waals surface area contributed by atoms with Gasteiger partial charge in [-0.3, -0.25) is 14.3 Å². The SMILES string of the molecule is Cc1cn([C@H]2C[C@H](OC(=O)C3=CN(C)C=CC3)[C@](COC(=O)C3=CN(C)C=CC3)(N=[N+]=[N-])O2)c(=O)[nH]c1=O. The van der Waals surface area contributed by atoms with E-state index < -0.39 is 47.9 Å². The van der Waals surface area contributed by atoms with Crippen molar-refractivity contribution in [1.29, 1.82) is 0 Å². The second-order valence-electron chi connectivity index (χ2n) is 9.11. The molecule has 0 amide bonds. The second-order valence-corrected chi connectivity index (χ2v) is 9.11. The first kappa shape index (κ1) is 26.5. The normalized spacial score (nSPS) is 24.4. The highest BCUT2D eigenvalue weighted by molar-refractivity contribution is 5.89. The number of nitrogens with zero attached hydrogens (tertiary/aromatic N) is 6. The maximum atomic E-state index is 13.0. The lowest BCUT2D eigenvalue weighted by Crippen LogP contribution is -2.45. The monoisotopic (exact) mass is 525 g/mol. The molecule has 0 aliphatic carbocycles. The number of H-pyrrole nitrogens is 1. The van der Waals surface area contributed by atoms with Crippen molar-refractivity contribution in [3.05, 3.63) is 91.1 Å². The minimum absolute atomic E-state index is 0.124. The minimum atomic E-state index is -1.98. The fraction of sp³-hybridized carbons (Fsp3) is 0.417. The maximum Gasteiger partial charge on any atom is 0.336 e. The van der Waals surface area contributed by atoms with E-state index in [1.807, 2.05) is 0 Å². The van der Waals surface area contributed by atoms with Gasteiger partial charge in [0.05, 0.1) is 11.1 Å². The molecule has 0 saturated carbocycles. The van der Waals surface area contributed by atoms with Gasteiger partial charge in [0.1, 0.15) is 18.9 Å². The number of hydrogen-bond acceptors (Lipinski definition) is 10. The van der Waals surface area contributed by atoms with E-state index in [9.17, 15) is 24.7 Å². The van der Waals surface area contributed by atoms with Crippen molar-refractivity contribution in [2.75, 3.05) is 20.7 Å². The topological polar surface area (TPSA) is 172 Å². The third-order valence-corrected chi connectivity index (χ3v) is 6.19. The third-order valence-electron chi connectivity index (χ3n) is 6.19. The lowest BCUT2D eigenvalue weighted by molar-refractivity contribution is -0.173. The predicted octanol–water partition coefficient (Wildman–Crippen LogP) is 1.69. The number of ether oxygens (including phenoxy) is 3. The van der Waals surface area contributed by atoms with Crippen LogP contribution in [0.2, 0.25) is 0 Å². The molecule has 1 aromatic heterocycles. The van der Waals surface area contributed by atoms with Crippen molar-refractivity contribution in [3.8, 4) is 0 Å². The van der Waals surface area contributed by atoms with Crippen molar-refractivity contribution in [1.82, 2.24) is 19.4 Å². The molecule has 38 heavy (non-hydrogen) atoms. The summed E-state index contributed by atoms with van der Waals surface area (Å²) in [6, 6.07) is 0. The first-order chi connectivity index (χ1) is 18.1. The van der Waals surface area contributed by atoms with Crippen LogP contribution >= 0.6 is 0 Å². The van der Waals surface area contributed by atoms with E-state index in [-0.39, 0.29) is 12.0 Å². The molecule has 0 aromatic carbocycles. The van der Waals surface area contributed by atoms with Gasteiger partial charge in [0.2, 0.25) is 5.72 Å². The van der Waals surface area contributed by atoms with E-state index in [0.717, 1.165) is 4.57 Å². The molecular weight excluding hydrogens is 498 g/mol. The van der Waals surface area contributed by atoms with E-state index >= 15 is 0 Å². The smallest absolute Gasteiger partial charge is 0.336 e. The molecule has 0 bridgehead atoms. The van der Waals surface area contributed by atoms with Gasteiger partial charge in [-0.25, -0.2) is 14.4 Å². The van der Waals surface area contributed by atoms with E-state index in [1.165, 1.54) is 13.1 Å². The Balaban J connectivity index is 1.65. The second kappa shape index (κ2) is 10.8. The zero-order valence-electron chi connectivity index (χ0n) is 21.1. The third kappa shape index (κ3) is 5.56. The molecule has 14 heteroatoms. The highest BCUT2D eigenvalue weighted by Crippen LogP contribution is 2.40. The number of aromatic amines is 1. The van der Waals surface area contributed by atoms with Gasteiger partial charge in [0.15, 0.2) is 0 Å². The number of carbonyl (C=O) groups is 2. The Bertz CT molecular complexity index is 1420. The zero-order chi connectivity index (χ0) is 27.4. The lowest BCUT2D eigenvalue weighted by Gasteiger charge is -2.29. The van der Waals surface area contributed by atoms with Gasteiger partial charge in [-0.1, -0.05) is 17.3 Å². The summed E-state index contributed by atoms with van der Waals surface area (Å²) in [5, 5.41) is 3.76. The predicted molar refractivity (Wildman–Crippen MR) is 133 cm³/mol. The molecule has 0 radical (unpaired) electrons. The molecule has 1 fully saturated rings. The Kier molecular flexibility index (Phi) is 7.55. The van der Waals surface area contributed by atoms with Crippen LogP contribution in [0.1, 0.15) is 31.1 Å². The highest BCUT2D eigenvalue weighted by Gasteiger charge is 2.53. The van der Waals surface area contributed by atoms with Crippen LogP contribution in [0.5, 0.6) is 0 Å². The Morgan fingerprint density at radius 1 is 1.16 bits per heavy atom. The first-order valence-corrected chi connectivity index (χ1v) is 11.7. The summed E-state index contributed by atoms with van der Waals surface area (Å²) in [6.45, 7) is 0.914. The summed E-state index contributed by atoms with van der Waals surface area (Å²) in [5.41, 5.74) is 7.00. The van der Waals surface area contributed by atoms with Crippen LogP contribution < -0.4 is 11.2 Å². The van der Waals surface area contributed by atoms with Crippen LogP contribution in [-0.2, 0) is 23.8 Å². The van der Waals surface area contributed by atoms with Crippen molar-refractivity contribution < 1.29 is 23.8 Å². The minimum Gasteiger partial charge on any atom is -0.459 e. The van der Waals surface area contributed by atoms with Gasteiger partial charge in [-0.05, 0) is 24.9 Å². The molecule has 1 N–H and O–H groups in total. The molecule has 0 spiro atoms.